The third-order valence-corrected chi connectivity index (χ3v) is 5.77. The summed E-state index contributed by atoms with van der Waals surface area (Å²) in [4.78, 5) is 28.5. The molecular formula is C22H26N2O2S. The zero-order valence-corrected chi connectivity index (χ0v) is 17.1. The van der Waals surface area contributed by atoms with E-state index in [0.717, 1.165) is 17.0 Å². The third-order valence-electron chi connectivity index (χ3n) is 4.54. The van der Waals surface area contributed by atoms with Crippen molar-refractivity contribution in [3.05, 3.63) is 54.1 Å². The standard InChI is InChI=1S/C22H26N2O2S/c1-15-12-13-24(18-10-5-6-11-19(18)27-15)20(25)16-8-7-9-17(14-16)23-21(26)22(2,3)4/h5-11,14-15H,12-13H2,1-4H3,(H,23,26)/t15-/m0/s1. The Morgan fingerprint density at radius 3 is 2.59 bits per heavy atom. The maximum absolute atomic E-state index is 13.3. The number of hydrogen-bond donors (Lipinski definition) is 1. The van der Waals surface area contributed by atoms with Crippen molar-refractivity contribution in [2.45, 2.75) is 44.3 Å². The molecule has 1 aliphatic rings. The quantitative estimate of drug-likeness (QED) is 0.776. The van der Waals surface area contributed by atoms with Crippen molar-refractivity contribution in [2.24, 2.45) is 5.41 Å². The maximum Gasteiger partial charge on any atom is 0.258 e. The van der Waals surface area contributed by atoms with E-state index >= 15 is 0 Å². The second kappa shape index (κ2) is 7.77. The molecule has 0 aliphatic carbocycles. The van der Waals surface area contributed by atoms with Crippen molar-refractivity contribution in [2.75, 3.05) is 16.8 Å². The maximum atomic E-state index is 13.3. The first-order valence-electron chi connectivity index (χ1n) is 9.25. The van der Waals surface area contributed by atoms with Crippen LogP contribution >= 0.6 is 11.8 Å². The van der Waals surface area contributed by atoms with Crippen molar-refractivity contribution in [1.82, 2.24) is 0 Å². The molecule has 2 aromatic rings. The molecule has 2 amide bonds. The lowest BCUT2D eigenvalue weighted by Crippen LogP contribution is -2.32. The summed E-state index contributed by atoms with van der Waals surface area (Å²) in [6.45, 7) is 8.47. The second-order valence-corrected chi connectivity index (χ2v) is 9.41. The van der Waals surface area contributed by atoms with Gasteiger partial charge in [-0.1, -0.05) is 45.9 Å². The normalized spacial score (nSPS) is 17.0. The van der Waals surface area contributed by atoms with Gasteiger partial charge in [0.15, 0.2) is 0 Å². The minimum atomic E-state index is -0.489. The van der Waals surface area contributed by atoms with Crippen molar-refractivity contribution in [1.29, 1.82) is 0 Å². The Kier molecular flexibility index (Phi) is 5.61. The molecule has 1 atom stereocenters. The number of carbonyl (C=O) groups excluding carboxylic acids is 2. The number of fused-ring (bicyclic) bond motifs is 1. The third kappa shape index (κ3) is 4.53. The second-order valence-electron chi connectivity index (χ2n) is 7.93. The van der Waals surface area contributed by atoms with Gasteiger partial charge in [-0.05, 0) is 36.8 Å². The van der Waals surface area contributed by atoms with Crippen molar-refractivity contribution >= 4 is 35.0 Å². The number of thioether (sulfide) groups is 1. The Labute approximate surface area is 165 Å². The highest BCUT2D eigenvalue weighted by Gasteiger charge is 2.26. The lowest BCUT2D eigenvalue weighted by Gasteiger charge is -2.23. The van der Waals surface area contributed by atoms with Crippen LogP contribution < -0.4 is 10.2 Å². The van der Waals surface area contributed by atoms with Gasteiger partial charge in [-0.2, -0.15) is 0 Å². The fourth-order valence-corrected chi connectivity index (χ4v) is 4.02. The summed E-state index contributed by atoms with van der Waals surface area (Å²) in [7, 11) is 0. The number of hydrogen-bond acceptors (Lipinski definition) is 3. The van der Waals surface area contributed by atoms with E-state index in [1.165, 1.54) is 0 Å². The van der Waals surface area contributed by atoms with Crippen LogP contribution in [0, 0.1) is 5.41 Å². The van der Waals surface area contributed by atoms with E-state index < -0.39 is 5.41 Å². The average Bonchev–Trinajstić information content (AvgIpc) is 2.78. The summed E-state index contributed by atoms with van der Waals surface area (Å²) in [5.41, 5.74) is 1.69. The number of benzene rings is 2. The smallest absolute Gasteiger partial charge is 0.258 e. The zero-order chi connectivity index (χ0) is 19.6. The van der Waals surface area contributed by atoms with Gasteiger partial charge in [-0.25, -0.2) is 0 Å². The van der Waals surface area contributed by atoms with Gasteiger partial charge in [0.25, 0.3) is 5.91 Å². The van der Waals surface area contributed by atoms with Gasteiger partial charge in [0.1, 0.15) is 0 Å². The summed E-state index contributed by atoms with van der Waals surface area (Å²) < 4.78 is 0. The number of rotatable bonds is 2. The number of para-hydroxylation sites is 1. The molecule has 0 fully saturated rings. The minimum Gasteiger partial charge on any atom is -0.326 e. The minimum absolute atomic E-state index is 0.0380. The zero-order valence-electron chi connectivity index (χ0n) is 16.3. The van der Waals surface area contributed by atoms with E-state index in [4.69, 9.17) is 0 Å². The molecule has 0 saturated carbocycles. The first kappa shape index (κ1) is 19.5. The Morgan fingerprint density at radius 1 is 1.11 bits per heavy atom. The summed E-state index contributed by atoms with van der Waals surface area (Å²) in [5.74, 6) is -0.110. The molecule has 1 aliphatic heterocycles. The summed E-state index contributed by atoms with van der Waals surface area (Å²) >= 11 is 1.81. The molecule has 142 valence electrons. The highest BCUT2D eigenvalue weighted by atomic mass is 32.2. The number of anilines is 2. The molecule has 1 heterocycles. The van der Waals surface area contributed by atoms with E-state index in [9.17, 15) is 9.59 Å². The molecule has 0 spiro atoms. The van der Waals surface area contributed by atoms with Gasteiger partial charge in [-0.3, -0.25) is 9.59 Å². The number of carbonyl (C=O) groups is 2. The van der Waals surface area contributed by atoms with Crippen LogP contribution in [-0.4, -0.2) is 23.6 Å². The molecule has 0 aromatic heterocycles. The van der Waals surface area contributed by atoms with Crippen LogP contribution in [0.1, 0.15) is 44.5 Å². The largest absolute Gasteiger partial charge is 0.326 e. The van der Waals surface area contributed by atoms with E-state index in [0.29, 0.717) is 23.0 Å². The Balaban J connectivity index is 1.88. The summed E-state index contributed by atoms with van der Waals surface area (Å²) in [5, 5.41) is 3.36. The molecule has 27 heavy (non-hydrogen) atoms. The van der Waals surface area contributed by atoms with Crippen LogP contribution in [-0.2, 0) is 4.79 Å². The molecule has 0 radical (unpaired) electrons. The molecule has 1 N–H and O–H groups in total. The van der Waals surface area contributed by atoms with Crippen LogP contribution in [0.3, 0.4) is 0 Å². The lowest BCUT2D eigenvalue weighted by molar-refractivity contribution is -0.123. The fourth-order valence-electron chi connectivity index (χ4n) is 2.90. The van der Waals surface area contributed by atoms with E-state index in [1.807, 2.05) is 67.8 Å². The molecule has 4 nitrogen and oxygen atoms in total. The topological polar surface area (TPSA) is 49.4 Å². The Hall–Kier alpha value is -2.27. The predicted molar refractivity (Wildman–Crippen MR) is 113 cm³/mol. The Morgan fingerprint density at radius 2 is 1.85 bits per heavy atom. The van der Waals surface area contributed by atoms with Crippen LogP contribution in [0.15, 0.2) is 53.4 Å². The molecule has 3 rings (SSSR count). The van der Waals surface area contributed by atoms with Gasteiger partial charge in [0, 0.05) is 33.4 Å². The van der Waals surface area contributed by atoms with Crippen LogP contribution in [0.4, 0.5) is 11.4 Å². The van der Waals surface area contributed by atoms with Crippen LogP contribution in [0.2, 0.25) is 0 Å². The van der Waals surface area contributed by atoms with Crippen LogP contribution in [0.25, 0.3) is 0 Å². The molecule has 5 heteroatoms. The number of nitrogens with zero attached hydrogens (tertiary/aromatic N) is 1. The van der Waals surface area contributed by atoms with E-state index in [2.05, 4.69) is 18.3 Å². The molecular weight excluding hydrogens is 356 g/mol. The van der Waals surface area contributed by atoms with Crippen molar-refractivity contribution < 1.29 is 9.59 Å². The molecule has 0 bridgehead atoms. The molecule has 0 unspecified atom stereocenters. The van der Waals surface area contributed by atoms with Gasteiger partial charge < -0.3 is 10.2 Å². The average molecular weight is 383 g/mol. The van der Waals surface area contributed by atoms with Gasteiger partial charge in [0.05, 0.1) is 5.69 Å². The first-order valence-corrected chi connectivity index (χ1v) is 10.1. The van der Waals surface area contributed by atoms with E-state index in [-0.39, 0.29) is 11.8 Å². The monoisotopic (exact) mass is 382 g/mol. The highest BCUT2D eigenvalue weighted by molar-refractivity contribution is 8.00. The van der Waals surface area contributed by atoms with Crippen molar-refractivity contribution in [3.8, 4) is 0 Å². The summed E-state index contributed by atoms with van der Waals surface area (Å²) in [6.07, 6.45) is 0.936. The predicted octanol–water partition coefficient (Wildman–Crippen LogP) is 5.20. The van der Waals surface area contributed by atoms with Gasteiger partial charge in [0.2, 0.25) is 5.91 Å². The van der Waals surface area contributed by atoms with Crippen molar-refractivity contribution in [3.63, 3.8) is 0 Å². The highest BCUT2D eigenvalue weighted by Crippen LogP contribution is 2.37. The SMILES string of the molecule is C[C@H]1CCN(C(=O)c2cccc(NC(=O)C(C)(C)C)c2)c2ccccc2S1. The summed E-state index contributed by atoms with van der Waals surface area (Å²) in [6, 6.07) is 15.2. The van der Waals surface area contributed by atoms with E-state index in [1.54, 1.807) is 12.1 Å². The number of amides is 2. The molecule has 2 aromatic carbocycles. The van der Waals surface area contributed by atoms with Gasteiger partial charge >= 0.3 is 0 Å². The van der Waals surface area contributed by atoms with Gasteiger partial charge in [-0.15, -0.1) is 11.8 Å². The molecule has 0 saturated heterocycles. The first-order chi connectivity index (χ1) is 12.8. The lowest BCUT2D eigenvalue weighted by atomic mass is 9.95. The van der Waals surface area contributed by atoms with Crippen LogP contribution in [0.5, 0.6) is 0 Å². The number of nitrogens with one attached hydrogen (secondary N) is 1. The fraction of sp³-hybridized carbons (Fsp3) is 0.364. The Bertz CT molecular complexity index is 857.